The first kappa shape index (κ1) is 18.5. The van der Waals surface area contributed by atoms with Crippen LogP contribution in [0.3, 0.4) is 0 Å². The highest BCUT2D eigenvalue weighted by atomic mass is 32.2. The van der Waals surface area contributed by atoms with E-state index in [1.165, 1.54) is 47.4 Å². The Hall–Kier alpha value is -3.31. The number of amides is 1. The second kappa shape index (κ2) is 7.13. The van der Waals surface area contributed by atoms with Gasteiger partial charge in [-0.1, -0.05) is 30.0 Å². The summed E-state index contributed by atoms with van der Waals surface area (Å²) in [4.78, 5) is 34.5. The molecule has 11 heteroatoms. The molecule has 0 spiro atoms. The predicted molar refractivity (Wildman–Crippen MR) is 104 cm³/mol. The molecule has 1 amide bonds. The van der Waals surface area contributed by atoms with Crippen LogP contribution in [0.15, 0.2) is 47.4 Å². The Morgan fingerprint density at radius 3 is 2.33 bits per heavy atom. The second-order valence-electron chi connectivity index (χ2n) is 5.30. The van der Waals surface area contributed by atoms with E-state index in [1.807, 2.05) is 0 Å². The van der Waals surface area contributed by atoms with Crippen LogP contribution in [0, 0.1) is 20.2 Å². The largest absolute Gasteiger partial charge is 0.502 e. The smallest absolute Gasteiger partial charge is 0.311 e. The maximum atomic E-state index is 12.7. The third kappa shape index (κ3) is 3.64. The summed E-state index contributed by atoms with van der Waals surface area (Å²) in [5.41, 5.74) is 0.137. The van der Waals surface area contributed by atoms with E-state index in [0.29, 0.717) is 11.3 Å². The van der Waals surface area contributed by atoms with Crippen LogP contribution < -0.4 is 4.90 Å². The molecule has 0 aromatic heterocycles. The third-order valence-corrected chi connectivity index (χ3v) is 4.91. The van der Waals surface area contributed by atoms with Crippen LogP contribution >= 0.6 is 24.0 Å². The van der Waals surface area contributed by atoms with Gasteiger partial charge in [-0.2, -0.15) is 0 Å². The fourth-order valence-electron chi connectivity index (χ4n) is 2.34. The third-order valence-electron chi connectivity index (χ3n) is 3.61. The lowest BCUT2D eigenvalue weighted by molar-refractivity contribution is -0.385. The molecule has 2 aromatic carbocycles. The van der Waals surface area contributed by atoms with Gasteiger partial charge in [-0.15, -0.1) is 0 Å². The van der Waals surface area contributed by atoms with Crippen molar-refractivity contribution in [2.24, 2.45) is 0 Å². The number of aromatic hydroxyl groups is 1. The number of hydrogen-bond acceptors (Lipinski definition) is 8. The van der Waals surface area contributed by atoms with Gasteiger partial charge < -0.3 is 5.11 Å². The van der Waals surface area contributed by atoms with Gasteiger partial charge in [0.1, 0.15) is 0 Å². The number of non-ortho nitro benzene ring substituents is 1. The summed E-state index contributed by atoms with van der Waals surface area (Å²) in [5.74, 6) is -0.926. The zero-order valence-electron chi connectivity index (χ0n) is 13.3. The van der Waals surface area contributed by atoms with Crippen molar-refractivity contribution in [3.8, 4) is 5.75 Å². The number of benzene rings is 2. The number of phenolic OH excluding ortho intramolecular Hbond substituents is 1. The molecule has 27 heavy (non-hydrogen) atoms. The van der Waals surface area contributed by atoms with Crippen molar-refractivity contribution in [3.63, 3.8) is 0 Å². The second-order valence-corrected chi connectivity index (χ2v) is 6.97. The highest BCUT2D eigenvalue weighted by Gasteiger charge is 2.33. The molecule has 1 aliphatic rings. The lowest BCUT2D eigenvalue weighted by Crippen LogP contribution is -2.27. The minimum atomic E-state index is -0.727. The molecule has 136 valence electrons. The molecular formula is C16H9N3O6S2. The minimum absolute atomic E-state index is 0.115. The summed E-state index contributed by atoms with van der Waals surface area (Å²) in [6.45, 7) is 0. The topological polar surface area (TPSA) is 127 Å². The van der Waals surface area contributed by atoms with Crippen LogP contribution in [0.2, 0.25) is 0 Å². The van der Waals surface area contributed by atoms with Crippen molar-refractivity contribution in [1.29, 1.82) is 0 Å². The monoisotopic (exact) mass is 403 g/mol. The Morgan fingerprint density at radius 2 is 1.74 bits per heavy atom. The van der Waals surface area contributed by atoms with Gasteiger partial charge in [-0.25, -0.2) is 0 Å². The van der Waals surface area contributed by atoms with E-state index in [1.54, 1.807) is 0 Å². The van der Waals surface area contributed by atoms with Crippen molar-refractivity contribution in [3.05, 3.63) is 73.2 Å². The number of thiocarbonyl (C=S) groups is 1. The molecule has 0 bridgehead atoms. The van der Waals surface area contributed by atoms with Crippen molar-refractivity contribution in [2.75, 3.05) is 4.90 Å². The summed E-state index contributed by atoms with van der Waals surface area (Å²) in [6.07, 6.45) is 1.43. The number of nitro groups is 2. The van der Waals surface area contributed by atoms with Gasteiger partial charge in [0.2, 0.25) is 0 Å². The van der Waals surface area contributed by atoms with E-state index < -0.39 is 27.2 Å². The van der Waals surface area contributed by atoms with Crippen LogP contribution in [0.25, 0.3) is 6.08 Å². The first-order chi connectivity index (χ1) is 12.8. The van der Waals surface area contributed by atoms with E-state index >= 15 is 0 Å². The van der Waals surface area contributed by atoms with Crippen molar-refractivity contribution in [2.45, 2.75) is 0 Å². The van der Waals surface area contributed by atoms with Crippen LogP contribution in [0.1, 0.15) is 5.56 Å². The molecule has 2 aromatic rings. The number of carbonyl (C=O) groups excluding carboxylic acids is 1. The number of thioether (sulfide) groups is 1. The molecule has 9 nitrogen and oxygen atoms in total. The van der Waals surface area contributed by atoms with Gasteiger partial charge in [-0.3, -0.25) is 29.9 Å². The zero-order valence-corrected chi connectivity index (χ0v) is 14.9. The summed E-state index contributed by atoms with van der Waals surface area (Å²) in [5, 5.41) is 31.2. The molecule has 1 saturated heterocycles. The van der Waals surface area contributed by atoms with E-state index in [2.05, 4.69) is 0 Å². The van der Waals surface area contributed by atoms with Crippen LogP contribution in [-0.4, -0.2) is 25.2 Å². The minimum Gasteiger partial charge on any atom is -0.502 e. The maximum absolute atomic E-state index is 12.7. The Labute approximate surface area is 161 Å². The summed E-state index contributed by atoms with van der Waals surface area (Å²) in [6, 6.07) is 9.10. The Morgan fingerprint density at radius 1 is 1.07 bits per heavy atom. The molecular weight excluding hydrogens is 394 g/mol. The lowest BCUT2D eigenvalue weighted by Gasteiger charge is -2.13. The van der Waals surface area contributed by atoms with Gasteiger partial charge in [0.25, 0.3) is 11.6 Å². The van der Waals surface area contributed by atoms with Gasteiger partial charge in [0.15, 0.2) is 10.1 Å². The first-order valence-electron chi connectivity index (χ1n) is 7.28. The molecule has 0 aliphatic carbocycles. The van der Waals surface area contributed by atoms with Crippen LogP contribution in [0.4, 0.5) is 17.1 Å². The van der Waals surface area contributed by atoms with Crippen molar-refractivity contribution >= 4 is 57.3 Å². The molecule has 0 unspecified atom stereocenters. The van der Waals surface area contributed by atoms with Crippen LogP contribution in [0.5, 0.6) is 5.75 Å². The van der Waals surface area contributed by atoms with Gasteiger partial charge in [-0.05, 0) is 29.8 Å². The number of hydrogen-bond donors (Lipinski definition) is 1. The molecule has 1 aliphatic heterocycles. The molecule has 0 radical (unpaired) electrons. The summed E-state index contributed by atoms with van der Waals surface area (Å²) < 4.78 is 0.230. The maximum Gasteiger partial charge on any atom is 0.311 e. The number of nitro benzene ring substituents is 2. The average Bonchev–Trinajstić information content (AvgIpc) is 2.90. The normalized spacial score (nSPS) is 15.4. The highest BCUT2D eigenvalue weighted by Crippen LogP contribution is 2.37. The Kier molecular flexibility index (Phi) is 4.88. The SMILES string of the molecule is O=C1C(=Cc2ccc(O)c([N+](=O)[O-])c2)SC(=S)N1c1ccc([N+](=O)[O-])cc1. The van der Waals surface area contributed by atoms with Crippen molar-refractivity contribution in [1.82, 2.24) is 0 Å². The highest BCUT2D eigenvalue weighted by molar-refractivity contribution is 8.27. The lowest BCUT2D eigenvalue weighted by atomic mass is 10.1. The number of rotatable bonds is 4. The van der Waals surface area contributed by atoms with E-state index in [0.717, 1.165) is 17.8 Å². The molecule has 1 heterocycles. The molecule has 1 N–H and O–H groups in total. The number of carbonyl (C=O) groups is 1. The summed E-state index contributed by atoms with van der Waals surface area (Å²) >= 11 is 6.21. The first-order valence-corrected chi connectivity index (χ1v) is 8.50. The average molecular weight is 403 g/mol. The molecule has 0 atom stereocenters. The van der Waals surface area contributed by atoms with E-state index in [-0.39, 0.29) is 14.9 Å². The Balaban J connectivity index is 1.92. The zero-order chi connectivity index (χ0) is 19.7. The quantitative estimate of drug-likeness (QED) is 0.355. The fourth-order valence-corrected chi connectivity index (χ4v) is 3.64. The summed E-state index contributed by atoms with van der Waals surface area (Å²) in [7, 11) is 0. The molecule has 1 fully saturated rings. The molecule has 0 saturated carbocycles. The van der Waals surface area contributed by atoms with Gasteiger partial charge in [0, 0.05) is 18.2 Å². The Bertz CT molecular complexity index is 1020. The number of anilines is 1. The number of phenols is 1. The number of nitrogens with zero attached hydrogens (tertiary/aromatic N) is 3. The van der Waals surface area contributed by atoms with E-state index in [9.17, 15) is 30.1 Å². The fraction of sp³-hybridized carbons (Fsp3) is 0. The van der Waals surface area contributed by atoms with Gasteiger partial charge in [0.05, 0.1) is 20.4 Å². The predicted octanol–water partition coefficient (Wildman–Crippen LogP) is 3.61. The van der Waals surface area contributed by atoms with Crippen molar-refractivity contribution < 1.29 is 19.7 Å². The molecule has 3 rings (SSSR count). The van der Waals surface area contributed by atoms with Gasteiger partial charge >= 0.3 is 5.69 Å². The standard InChI is InChI=1S/C16H9N3O6S2/c20-13-6-1-9(7-12(13)19(24)25)8-14-15(21)17(16(26)27-14)10-2-4-11(5-3-10)18(22)23/h1-8,20H. The van der Waals surface area contributed by atoms with Crippen LogP contribution in [-0.2, 0) is 4.79 Å². The van der Waals surface area contributed by atoms with E-state index in [4.69, 9.17) is 12.2 Å².